The van der Waals surface area contributed by atoms with Crippen molar-refractivity contribution in [1.29, 1.82) is 0 Å². The molecule has 0 radical (unpaired) electrons. The normalized spacial score (nSPS) is 24.9. The van der Waals surface area contributed by atoms with E-state index < -0.39 is 85.8 Å². The summed E-state index contributed by atoms with van der Waals surface area (Å²) < 4.78 is 61.2. The van der Waals surface area contributed by atoms with Crippen molar-refractivity contribution in [1.82, 2.24) is 19.8 Å². The molecule has 2 saturated carbocycles. The van der Waals surface area contributed by atoms with E-state index >= 15 is 0 Å². The third kappa shape index (κ3) is 7.05. The van der Waals surface area contributed by atoms with E-state index in [1.165, 1.54) is 46.2 Å². The zero-order valence-corrected chi connectivity index (χ0v) is 28.9. The highest BCUT2D eigenvalue weighted by atomic mass is 32.2. The van der Waals surface area contributed by atoms with E-state index in [1.54, 1.807) is 12.1 Å². The fourth-order valence-electron chi connectivity index (χ4n) is 6.65. The maximum absolute atomic E-state index is 14.4. The molecular formula is C35H41F2N5O7S. The number of anilines is 1. The molecule has 15 heteroatoms. The van der Waals surface area contributed by atoms with Crippen LogP contribution in [0, 0.1) is 23.0 Å². The van der Waals surface area contributed by atoms with Gasteiger partial charge in [-0.15, -0.1) is 6.58 Å². The first-order chi connectivity index (χ1) is 23.5. The highest BCUT2D eigenvalue weighted by Gasteiger charge is 2.62. The molecule has 2 aliphatic heterocycles. The van der Waals surface area contributed by atoms with Crippen molar-refractivity contribution in [2.24, 2.45) is 11.3 Å². The number of rotatable bonds is 10. The zero-order chi connectivity index (χ0) is 36.2. The summed E-state index contributed by atoms with van der Waals surface area (Å²) in [5, 5.41) is 5.21. The number of nitrogens with one attached hydrogen (secondary N) is 3. The third-order valence-corrected chi connectivity index (χ3v) is 11.6. The molecule has 2 aromatic carbocycles. The van der Waals surface area contributed by atoms with Gasteiger partial charge in [-0.3, -0.25) is 24.0 Å². The van der Waals surface area contributed by atoms with Crippen molar-refractivity contribution in [3.63, 3.8) is 0 Å². The van der Waals surface area contributed by atoms with E-state index in [1.807, 2.05) is 20.8 Å². The van der Waals surface area contributed by atoms with Crippen molar-refractivity contribution in [2.75, 3.05) is 11.9 Å². The number of fused-ring (bicyclic) bond motifs is 1. The quantitative estimate of drug-likeness (QED) is 0.316. The number of hydrogen-bond donors (Lipinski definition) is 3. The Morgan fingerprint density at radius 3 is 2.36 bits per heavy atom. The van der Waals surface area contributed by atoms with Gasteiger partial charge in [0.2, 0.25) is 21.8 Å². The molecule has 3 N–H and O–H groups in total. The predicted octanol–water partition coefficient (Wildman–Crippen LogP) is 3.58. The monoisotopic (exact) mass is 713 g/mol. The Balaban J connectivity index is 1.24. The van der Waals surface area contributed by atoms with Crippen LogP contribution in [0.4, 0.5) is 19.3 Å². The van der Waals surface area contributed by atoms with Crippen molar-refractivity contribution in [2.45, 2.75) is 88.5 Å². The molecule has 2 aliphatic carbocycles. The van der Waals surface area contributed by atoms with Crippen molar-refractivity contribution < 1.29 is 41.1 Å². The van der Waals surface area contributed by atoms with Crippen molar-refractivity contribution in [3.8, 4) is 0 Å². The number of benzene rings is 2. The van der Waals surface area contributed by atoms with Gasteiger partial charge in [-0.05, 0) is 60.6 Å². The topological polar surface area (TPSA) is 154 Å². The molecule has 0 unspecified atom stereocenters. The van der Waals surface area contributed by atoms with Gasteiger partial charge in [-0.25, -0.2) is 22.0 Å². The summed E-state index contributed by atoms with van der Waals surface area (Å²) in [6, 6.07) is 7.90. The molecule has 50 heavy (non-hydrogen) atoms. The Morgan fingerprint density at radius 1 is 1.06 bits per heavy atom. The highest BCUT2D eigenvalue weighted by Crippen LogP contribution is 2.45. The fraction of sp³-hybridized carbons (Fsp3) is 0.486. The molecule has 4 aliphatic rings. The summed E-state index contributed by atoms with van der Waals surface area (Å²) in [4.78, 5) is 57.8. The summed E-state index contributed by atoms with van der Waals surface area (Å²) in [6.07, 6.45) is 0.628. The van der Waals surface area contributed by atoms with Crippen molar-refractivity contribution in [3.05, 3.63) is 77.9 Å². The molecule has 0 aromatic heterocycles. The molecule has 0 spiro atoms. The average Bonchev–Trinajstić information content (AvgIpc) is 3.94. The lowest BCUT2D eigenvalue weighted by Crippen LogP contribution is -2.58. The standard InChI is InChI=1S/C35H41F2N5O7S/c1-5-21-16-35(21,32(45)40-50(47,48)25-13-14-25)39-30(43)28-15-24(49-33(46)41-17-20-7-6-8-27(37)26(20)19-41)18-42(28)31(44)29(34(2,3)4)38-23-11-9-22(36)10-12-23/h5-12,21,24-25,28-29,38H,1,13-19H2,2-4H3,(H,39,43)(H,40,45)/t21-,24-,28+,29-,35-/m1/s1. The minimum Gasteiger partial charge on any atom is -0.444 e. The van der Waals surface area contributed by atoms with Crippen LogP contribution >= 0.6 is 0 Å². The second-order valence-electron chi connectivity index (χ2n) is 14.6. The number of halogens is 2. The molecule has 2 heterocycles. The molecule has 4 amide bonds. The van der Waals surface area contributed by atoms with Crippen LogP contribution in [0.15, 0.2) is 55.1 Å². The molecule has 0 bridgehead atoms. The van der Waals surface area contributed by atoms with Crippen LogP contribution in [0.25, 0.3) is 0 Å². The first kappa shape index (κ1) is 35.3. The minimum absolute atomic E-state index is 0.00184. The van der Waals surface area contributed by atoms with Crippen LogP contribution in [-0.2, 0) is 42.2 Å². The van der Waals surface area contributed by atoms with E-state index in [9.17, 15) is 36.4 Å². The van der Waals surface area contributed by atoms with Gasteiger partial charge in [-0.2, -0.15) is 0 Å². The fourth-order valence-corrected chi connectivity index (χ4v) is 8.01. The average molecular weight is 714 g/mol. The van der Waals surface area contributed by atoms with Gasteiger partial charge in [0, 0.05) is 30.1 Å². The maximum atomic E-state index is 14.4. The van der Waals surface area contributed by atoms with Crippen molar-refractivity contribution >= 4 is 39.5 Å². The van der Waals surface area contributed by atoms with E-state index in [-0.39, 0.29) is 32.5 Å². The lowest BCUT2D eigenvalue weighted by molar-refractivity contribution is -0.141. The number of hydrogen-bond acceptors (Lipinski definition) is 8. The smallest absolute Gasteiger partial charge is 0.410 e. The van der Waals surface area contributed by atoms with Crippen LogP contribution in [0.5, 0.6) is 0 Å². The van der Waals surface area contributed by atoms with Crippen LogP contribution in [0.3, 0.4) is 0 Å². The zero-order valence-electron chi connectivity index (χ0n) is 28.1. The maximum Gasteiger partial charge on any atom is 0.410 e. The van der Waals surface area contributed by atoms with E-state index in [4.69, 9.17) is 4.74 Å². The molecular weight excluding hydrogens is 672 g/mol. The molecule has 6 rings (SSSR count). The molecule has 1 saturated heterocycles. The Hall–Kier alpha value is -4.53. The molecule has 2 aromatic rings. The lowest BCUT2D eigenvalue weighted by atomic mass is 9.85. The summed E-state index contributed by atoms with van der Waals surface area (Å²) in [5.41, 5.74) is -0.821. The number of sulfonamides is 1. The van der Waals surface area contributed by atoms with Gasteiger partial charge in [0.1, 0.15) is 35.4 Å². The van der Waals surface area contributed by atoms with Crippen LogP contribution in [0.2, 0.25) is 0 Å². The molecule has 3 fully saturated rings. The molecule has 12 nitrogen and oxygen atoms in total. The molecule has 268 valence electrons. The number of carbonyl (C=O) groups excluding carboxylic acids is 4. The van der Waals surface area contributed by atoms with Gasteiger partial charge in [0.05, 0.1) is 18.3 Å². The van der Waals surface area contributed by atoms with E-state index in [0.717, 1.165) is 0 Å². The molecule has 5 atom stereocenters. The SMILES string of the molecule is C=C[C@@H]1C[C@]1(NC(=O)[C@@H]1C[C@@H](OC(=O)N2Cc3cccc(F)c3C2)CN1C(=O)[C@@H](Nc1ccc(F)cc1)C(C)(C)C)C(=O)NS(=O)(=O)C1CC1. The van der Waals surface area contributed by atoms with Crippen LogP contribution < -0.4 is 15.4 Å². The Kier molecular flexibility index (Phi) is 9.16. The van der Waals surface area contributed by atoms with Gasteiger partial charge in [0.15, 0.2) is 0 Å². The number of amides is 4. The summed E-state index contributed by atoms with van der Waals surface area (Å²) in [5.74, 6) is -3.57. The Morgan fingerprint density at radius 2 is 1.76 bits per heavy atom. The van der Waals surface area contributed by atoms with Gasteiger partial charge >= 0.3 is 6.09 Å². The second-order valence-corrected chi connectivity index (χ2v) is 16.6. The van der Waals surface area contributed by atoms with Crippen LogP contribution in [0.1, 0.15) is 57.6 Å². The Bertz CT molecular complexity index is 1830. The first-order valence-corrected chi connectivity index (χ1v) is 18.1. The third-order valence-electron chi connectivity index (χ3n) is 9.82. The number of carbonyl (C=O) groups is 4. The highest BCUT2D eigenvalue weighted by molar-refractivity contribution is 7.91. The summed E-state index contributed by atoms with van der Waals surface area (Å²) in [7, 11) is -3.92. The lowest BCUT2D eigenvalue weighted by Gasteiger charge is -2.36. The predicted molar refractivity (Wildman–Crippen MR) is 179 cm³/mol. The van der Waals surface area contributed by atoms with E-state index in [0.29, 0.717) is 29.7 Å². The van der Waals surface area contributed by atoms with Gasteiger partial charge < -0.3 is 20.3 Å². The summed E-state index contributed by atoms with van der Waals surface area (Å²) in [6.45, 7) is 9.13. The van der Waals surface area contributed by atoms with E-state index in [2.05, 4.69) is 21.9 Å². The van der Waals surface area contributed by atoms with Gasteiger partial charge in [-0.1, -0.05) is 39.0 Å². The minimum atomic E-state index is -3.92. The summed E-state index contributed by atoms with van der Waals surface area (Å²) >= 11 is 0. The van der Waals surface area contributed by atoms with Crippen LogP contribution in [-0.4, -0.2) is 77.6 Å². The van der Waals surface area contributed by atoms with Gasteiger partial charge in [0.25, 0.3) is 5.91 Å². The number of ether oxygens (including phenoxy) is 1. The Labute approximate surface area is 289 Å². The largest absolute Gasteiger partial charge is 0.444 e. The number of likely N-dealkylation sites (tertiary alicyclic amines) is 1. The second kappa shape index (κ2) is 13.0. The number of nitrogens with zero attached hydrogens (tertiary/aromatic N) is 2. The first-order valence-electron chi connectivity index (χ1n) is 16.6.